The molecule has 0 saturated heterocycles. The predicted molar refractivity (Wildman–Crippen MR) is 99.2 cm³/mol. The van der Waals surface area contributed by atoms with E-state index in [1.165, 1.54) is 17.6 Å². The van der Waals surface area contributed by atoms with E-state index in [0.717, 1.165) is 16.9 Å². The second-order valence-electron chi connectivity index (χ2n) is 5.34. The summed E-state index contributed by atoms with van der Waals surface area (Å²) in [4.78, 5) is 13.2. The van der Waals surface area contributed by atoms with Crippen LogP contribution >= 0.6 is 11.8 Å². The van der Waals surface area contributed by atoms with Gasteiger partial charge in [-0.1, -0.05) is 60.7 Å². The van der Waals surface area contributed by atoms with Gasteiger partial charge < -0.3 is 4.74 Å². The first-order chi connectivity index (χ1) is 11.8. The molecule has 0 radical (unpaired) electrons. The Morgan fingerprint density at radius 1 is 0.875 bits per heavy atom. The Labute approximate surface area is 146 Å². The Morgan fingerprint density at radius 2 is 1.54 bits per heavy atom. The van der Waals surface area contributed by atoms with Gasteiger partial charge in [0.2, 0.25) is 0 Å². The fourth-order valence-corrected chi connectivity index (χ4v) is 3.36. The third kappa shape index (κ3) is 3.87. The molecule has 3 heteroatoms. The number of rotatable bonds is 5. The van der Waals surface area contributed by atoms with Crippen LogP contribution in [0, 0.1) is 0 Å². The molecule has 0 unspecified atom stereocenters. The van der Waals surface area contributed by atoms with Crippen LogP contribution in [0.3, 0.4) is 0 Å². The third-order valence-electron chi connectivity index (χ3n) is 3.75. The first-order valence-corrected chi connectivity index (χ1v) is 8.71. The fraction of sp³-hybridized carbons (Fsp3) is 0.0952. The van der Waals surface area contributed by atoms with Gasteiger partial charge in [-0.25, -0.2) is 4.79 Å². The lowest BCUT2D eigenvalue weighted by Crippen LogP contribution is -2.03. The molecule has 0 bridgehead atoms. The van der Waals surface area contributed by atoms with Crippen molar-refractivity contribution in [3.8, 4) is 11.1 Å². The van der Waals surface area contributed by atoms with Crippen LogP contribution in [0.5, 0.6) is 0 Å². The number of carbonyl (C=O) groups excluding carboxylic acids is 1. The SMILES string of the molecule is COC(=O)c1ccccc1-c1ccc(CSc2ccccc2)cc1. The fourth-order valence-electron chi connectivity index (χ4n) is 2.49. The summed E-state index contributed by atoms with van der Waals surface area (Å²) in [6.07, 6.45) is 0. The maximum Gasteiger partial charge on any atom is 0.338 e. The van der Waals surface area contributed by atoms with Gasteiger partial charge in [-0.2, -0.15) is 0 Å². The van der Waals surface area contributed by atoms with Crippen LogP contribution in [-0.2, 0) is 10.5 Å². The van der Waals surface area contributed by atoms with Crippen molar-refractivity contribution in [3.63, 3.8) is 0 Å². The molecule has 120 valence electrons. The zero-order valence-corrected chi connectivity index (χ0v) is 14.3. The lowest BCUT2D eigenvalue weighted by molar-refractivity contribution is 0.0601. The van der Waals surface area contributed by atoms with Gasteiger partial charge in [0.25, 0.3) is 0 Å². The molecule has 0 amide bonds. The highest BCUT2D eigenvalue weighted by atomic mass is 32.2. The number of hydrogen-bond acceptors (Lipinski definition) is 3. The van der Waals surface area contributed by atoms with Gasteiger partial charge in [0, 0.05) is 10.6 Å². The summed E-state index contributed by atoms with van der Waals surface area (Å²) in [6, 6.07) is 26.2. The molecular formula is C21H18O2S. The number of carbonyl (C=O) groups is 1. The highest BCUT2D eigenvalue weighted by Crippen LogP contribution is 2.27. The number of ether oxygens (including phenoxy) is 1. The molecule has 2 nitrogen and oxygen atoms in total. The number of esters is 1. The van der Waals surface area contributed by atoms with E-state index in [2.05, 4.69) is 48.5 Å². The van der Waals surface area contributed by atoms with Gasteiger partial charge in [-0.3, -0.25) is 0 Å². The molecule has 3 rings (SSSR count). The molecular weight excluding hydrogens is 316 g/mol. The van der Waals surface area contributed by atoms with Crippen LogP contribution in [0.4, 0.5) is 0 Å². The molecule has 0 N–H and O–H groups in total. The standard InChI is InChI=1S/C21H18O2S/c1-23-21(22)20-10-6-5-9-19(20)17-13-11-16(12-14-17)15-24-18-7-3-2-4-8-18/h2-14H,15H2,1H3. The molecule has 24 heavy (non-hydrogen) atoms. The van der Waals surface area contributed by atoms with E-state index >= 15 is 0 Å². The predicted octanol–water partition coefficient (Wildman–Crippen LogP) is 5.43. The van der Waals surface area contributed by atoms with Gasteiger partial charge in [-0.15, -0.1) is 11.8 Å². The Balaban J connectivity index is 1.77. The number of methoxy groups -OCH3 is 1. The molecule has 0 aromatic heterocycles. The van der Waals surface area contributed by atoms with E-state index in [0.29, 0.717) is 5.56 Å². The summed E-state index contributed by atoms with van der Waals surface area (Å²) in [5.41, 5.74) is 3.76. The maximum absolute atomic E-state index is 11.9. The lowest BCUT2D eigenvalue weighted by Gasteiger charge is -2.09. The van der Waals surface area contributed by atoms with Gasteiger partial charge in [0.1, 0.15) is 0 Å². The zero-order chi connectivity index (χ0) is 16.8. The largest absolute Gasteiger partial charge is 0.465 e. The maximum atomic E-state index is 11.9. The van der Waals surface area contributed by atoms with Crippen molar-refractivity contribution in [2.75, 3.05) is 7.11 Å². The monoisotopic (exact) mass is 334 g/mol. The first-order valence-electron chi connectivity index (χ1n) is 7.72. The molecule has 0 heterocycles. The van der Waals surface area contributed by atoms with E-state index in [4.69, 9.17) is 4.74 Å². The van der Waals surface area contributed by atoms with Crippen molar-refractivity contribution in [1.82, 2.24) is 0 Å². The number of hydrogen-bond donors (Lipinski definition) is 0. The molecule has 0 aliphatic heterocycles. The average molecular weight is 334 g/mol. The molecule has 0 aliphatic carbocycles. The summed E-state index contributed by atoms with van der Waals surface area (Å²) in [5.74, 6) is 0.609. The van der Waals surface area contributed by atoms with Crippen molar-refractivity contribution in [2.45, 2.75) is 10.6 Å². The normalized spacial score (nSPS) is 10.4. The second kappa shape index (κ2) is 7.84. The van der Waals surface area contributed by atoms with Crippen LogP contribution in [0.25, 0.3) is 11.1 Å². The average Bonchev–Trinajstić information content (AvgIpc) is 2.67. The topological polar surface area (TPSA) is 26.3 Å². The van der Waals surface area contributed by atoms with E-state index < -0.39 is 0 Å². The zero-order valence-electron chi connectivity index (χ0n) is 13.4. The quantitative estimate of drug-likeness (QED) is 0.459. The Bertz CT molecular complexity index is 811. The molecule has 0 saturated carbocycles. The van der Waals surface area contributed by atoms with Crippen LogP contribution in [0.2, 0.25) is 0 Å². The van der Waals surface area contributed by atoms with Crippen LogP contribution in [0.15, 0.2) is 83.8 Å². The lowest BCUT2D eigenvalue weighted by atomic mass is 9.99. The summed E-state index contributed by atoms with van der Waals surface area (Å²) in [6.45, 7) is 0. The molecule has 3 aromatic carbocycles. The van der Waals surface area contributed by atoms with Crippen molar-refractivity contribution < 1.29 is 9.53 Å². The van der Waals surface area contributed by atoms with E-state index in [1.54, 1.807) is 6.07 Å². The van der Waals surface area contributed by atoms with Gasteiger partial charge >= 0.3 is 5.97 Å². The smallest absolute Gasteiger partial charge is 0.338 e. The summed E-state index contributed by atoms with van der Waals surface area (Å²) in [7, 11) is 1.41. The van der Waals surface area contributed by atoms with E-state index in [9.17, 15) is 4.79 Å². The van der Waals surface area contributed by atoms with Crippen molar-refractivity contribution in [2.24, 2.45) is 0 Å². The van der Waals surface area contributed by atoms with Gasteiger partial charge in [0.15, 0.2) is 0 Å². The summed E-state index contributed by atoms with van der Waals surface area (Å²) >= 11 is 1.81. The minimum atomic E-state index is -0.311. The van der Waals surface area contributed by atoms with E-state index in [-0.39, 0.29) is 5.97 Å². The molecule has 0 spiro atoms. The number of benzene rings is 3. The molecule has 0 fully saturated rings. The van der Waals surface area contributed by atoms with Crippen molar-refractivity contribution >= 4 is 17.7 Å². The second-order valence-corrected chi connectivity index (χ2v) is 6.38. The van der Waals surface area contributed by atoms with E-state index in [1.807, 2.05) is 36.0 Å². The van der Waals surface area contributed by atoms with Crippen molar-refractivity contribution in [1.29, 1.82) is 0 Å². The molecule has 0 aliphatic rings. The van der Waals surface area contributed by atoms with Crippen molar-refractivity contribution in [3.05, 3.63) is 90.0 Å². The Morgan fingerprint density at radius 3 is 2.25 bits per heavy atom. The molecule has 3 aromatic rings. The summed E-state index contributed by atoms with van der Waals surface area (Å²) in [5, 5.41) is 0. The van der Waals surface area contributed by atoms with Crippen LogP contribution in [0.1, 0.15) is 15.9 Å². The minimum absolute atomic E-state index is 0.311. The highest BCUT2D eigenvalue weighted by Gasteiger charge is 2.12. The molecule has 0 atom stereocenters. The first kappa shape index (κ1) is 16.3. The Kier molecular flexibility index (Phi) is 5.34. The van der Waals surface area contributed by atoms with Gasteiger partial charge in [-0.05, 0) is 34.9 Å². The highest BCUT2D eigenvalue weighted by molar-refractivity contribution is 7.98. The third-order valence-corrected chi connectivity index (χ3v) is 4.83. The van der Waals surface area contributed by atoms with Crippen LogP contribution in [-0.4, -0.2) is 13.1 Å². The van der Waals surface area contributed by atoms with Gasteiger partial charge in [0.05, 0.1) is 12.7 Å². The van der Waals surface area contributed by atoms with Crippen LogP contribution < -0.4 is 0 Å². The summed E-state index contributed by atoms with van der Waals surface area (Å²) < 4.78 is 4.87. The number of thioether (sulfide) groups is 1. The minimum Gasteiger partial charge on any atom is -0.465 e. The Hall–Kier alpha value is -2.52.